The zero-order valence-corrected chi connectivity index (χ0v) is 14.2. The number of ether oxygens (including phenoxy) is 2. The van der Waals surface area contributed by atoms with Gasteiger partial charge in [0.25, 0.3) is 0 Å². The van der Waals surface area contributed by atoms with E-state index >= 15 is 0 Å². The SMILES string of the molecule is COC1(OC)[C@@]2(Cl)C(Cl)=C(Cl)[C@@]1(Cl)[C@H]1[C@H]2[C@H](O)C=C[C@H]1O. The summed E-state index contributed by atoms with van der Waals surface area (Å²) in [4.78, 5) is -2.99. The van der Waals surface area contributed by atoms with Gasteiger partial charge in [0, 0.05) is 26.1 Å². The van der Waals surface area contributed by atoms with Crippen molar-refractivity contribution in [2.45, 2.75) is 27.7 Å². The van der Waals surface area contributed by atoms with Gasteiger partial charge in [-0.2, -0.15) is 0 Å². The minimum atomic E-state index is -1.60. The van der Waals surface area contributed by atoms with Crippen LogP contribution in [0.15, 0.2) is 22.2 Å². The van der Waals surface area contributed by atoms with Crippen molar-refractivity contribution in [3.63, 3.8) is 0 Å². The number of halogens is 4. The molecule has 0 unspecified atom stereocenters. The van der Waals surface area contributed by atoms with Crippen molar-refractivity contribution in [2.24, 2.45) is 11.8 Å². The van der Waals surface area contributed by atoms with E-state index in [0.29, 0.717) is 0 Å². The highest BCUT2D eigenvalue weighted by atomic mass is 35.5. The number of hydrogen-bond acceptors (Lipinski definition) is 4. The molecule has 0 saturated heterocycles. The number of rotatable bonds is 2. The average Bonchev–Trinajstić information content (AvgIpc) is 2.72. The molecular formula is C13H14Cl4O4. The highest BCUT2D eigenvalue weighted by molar-refractivity contribution is 6.52. The fraction of sp³-hybridized carbons (Fsp3) is 0.692. The fourth-order valence-electron chi connectivity index (χ4n) is 4.14. The lowest BCUT2D eigenvalue weighted by Gasteiger charge is -2.41. The van der Waals surface area contributed by atoms with Gasteiger partial charge in [-0.25, -0.2) is 0 Å². The van der Waals surface area contributed by atoms with E-state index in [1.807, 2.05) is 0 Å². The lowest BCUT2D eigenvalue weighted by Crippen LogP contribution is -2.58. The van der Waals surface area contributed by atoms with E-state index in [0.717, 1.165) is 0 Å². The summed E-state index contributed by atoms with van der Waals surface area (Å²) in [6.07, 6.45) is 1.01. The Labute approximate surface area is 142 Å². The number of alkyl halides is 2. The van der Waals surface area contributed by atoms with Crippen molar-refractivity contribution in [2.75, 3.05) is 14.2 Å². The minimum absolute atomic E-state index is 0.0762. The van der Waals surface area contributed by atoms with Crippen LogP contribution in [0.3, 0.4) is 0 Å². The second kappa shape index (κ2) is 4.74. The third kappa shape index (κ3) is 1.45. The molecule has 3 aliphatic rings. The molecule has 0 aliphatic heterocycles. The fourth-order valence-corrected chi connectivity index (χ4v) is 6.41. The molecular weight excluding hydrogens is 362 g/mol. The van der Waals surface area contributed by atoms with Crippen molar-refractivity contribution in [1.29, 1.82) is 0 Å². The normalized spacial score (nSPS) is 50.7. The van der Waals surface area contributed by atoms with Gasteiger partial charge in [0.2, 0.25) is 5.79 Å². The van der Waals surface area contributed by atoms with Crippen LogP contribution >= 0.6 is 46.4 Å². The molecule has 118 valence electrons. The summed E-state index contributed by atoms with van der Waals surface area (Å²) in [6, 6.07) is 0. The maximum absolute atomic E-state index is 10.3. The number of methoxy groups -OCH3 is 2. The quantitative estimate of drug-likeness (QED) is 0.441. The van der Waals surface area contributed by atoms with E-state index in [9.17, 15) is 10.2 Å². The summed E-state index contributed by atoms with van der Waals surface area (Å²) in [5, 5.41) is 20.9. The molecule has 8 heteroatoms. The van der Waals surface area contributed by atoms with Crippen LogP contribution in [-0.4, -0.2) is 52.2 Å². The molecule has 0 aromatic rings. The molecule has 0 heterocycles. The summed E-state index contributed by atoms with van der Waals surface area (Å²) in [5.41, 5.74) is 0. The van der Waals surface area contributed by atoms with Crippen LogP contribution in [0.1, 0.15) is 0 Å². The molecule has 2 N–H and O–H groups in total. The second-order valence-corrected chi connectivity index (χ2v) is 7.44. The van der Waals surface area contributed by atoms with Crippen molar-refractivity contribution < 1.29 is 19.7 Å². The van der Waals surface area contributed by atoms with E-state index in [-0.39, 0.29) is 10.1 Å². The van der Waals surface area contributed by atoms with E-state index in [1.165, 1.54) is 26.4 Å². The Morgan fingerprint density at radius 1 is 0.905 bits per heavy atom. The topological polar surface area (TPSA) is 58.9 Å². The van der Waals surface area contributed by atoms with Crippen LogP contribution in [0.5, 0.6) is 0 Å². The highest BCUT2D eigenvalue weighted by Crippen LogP contribution is 2.75. The molecule has 3 aliphatic carbocycles. The van der Waals surface area contributed by atoms with Gasteiger partial charge < -0.3 is 19.7 Å². The molecule has 0 spiro atoms. The minimum Gasteiger partial charge on any atom is -0.389 e. The predicted molar refractivity (Wildman–Crippen MR) is 80.8 cm³/mol. The smallest absolute Gasteiger partial charge is 0.217 e. The maximum atomic E-state index is 10.3. The van der Waals surface area contributed by atoms with Gasteiger partial charge in [0.15, 0.2) is 0 Å². The molecule has 3 rings (SSSR count). The summed E-state index contributed by atoms with van der Waals surface area (Å²) in [6.45, 7) is 0. The first kappa shape index (κ1) is 16.3. The molecule has 1 fully saturated rings. The van der Waals surface area contributed by atoms with Gasteiger partial charge in [-0.05, 0) is 0 Å². The molecule has 0 amide bonds. The second-order valence-electron chi connectivity index (χ2n) is 5.49. The van der Waals surface area contributed by atoms with Crippen LogP contribution in [0.4, 0.5) is 0 Å². The van der Waals surface area contributed by atoms with Crippen molar-refractivity contribution >= 4 is 46.4 Å². The Balaban J connectivity index is 2.34. The molecule has 21 heavy (non-hydrogen) atoms. The van der Waals surface area contributed by atoms with Crippen LogP contribution in [-0.2, 0) is 9.47 Å². The van der Waals surface area contributed by atoms with Gasteiger partial charge in [0.1, 0.15) is 9.75 Å². The van der Waals surface area contributed by atoms with Gasteiger partial charge in [0.05, 0.1) is 22.3 Å². The molecule has 1 saturated carbocycles. The largest absolute Gasteiger partial charge is 0.389 e. The third-order valence-electron chi connectivity index (χ3n) is 4.91. The molecule has 0 aromatic carbocycles. The Hall–Kier alpha value is 0.480. The Kier molecular flexibility index (Phi) is 3.69. The van der Waals surface area contributed by atoms with E-state index < -0.39 is 39.6 Å². The number of hydrogen-bond donors (Lipinski definition) is 2. The lowest BCUT2D eigenvalue weighted by molar-refractivity contribution is -0.222. The highest BCUT2D eigenvalue weighted by Gasteiger charge is 2.86. The first-order valence-corrected chi connectivity index (χ1v) is 7.84. The standard InChI is InChI=1S/C13H14Cl4O4/c1-20-13(21-2)11(16)7-5(18)3-4-6(19)8(7)12(13,17)10(15)9(11)14/h3-8,18-19H,1-2H3/t5-,6-,7-,8-,11+,12+/m1/s1. The number of aliphatic hydroxyl groups is 2. The van der Waals surface area contributed by atoms with Crippen molar-refractivity contribution in [3.8, 4) is 0 Å². The lowest BCUT2D eigenvalue weighted by atomic mass is 9.72. The van der Waals surface area contributed by atoms with Crippen LogP contribution in [0, 0.1) is 11.8 Å². The van der Waals surface area contributed by atoms with Crippen molar-refractivity contribution in [3.05, 3.63) is 22.2 Å². The van der Waals surface area contributed by atoms with Crippen molar-refractivity contribution in [1.82, 2.24) is 0 Å². The van der Waals surface area contributed by atoms with Gasteiger partial charge in [-0.3, -0.25) is 0 Å². The first-order valence-electron chi connectivity index (χ1n) is 6.32. The van der Waals surface area contributed by atoms with E-state index in [1.54, 1.807) is 0 Å². The zero-order chi connectivity index (χ0) is 15.8. The molecule has 0 aromatic heterocycles. The number of fused-ring (bicyclic) bond motifs is 5. The summed E-state index contributed by atoms with van der Waals surface area (Å²) in [7, 11) is 2.75. The summed E-state index contributed by atoms with van der Waals surface area (Å²) < 4.78 is 11.0. The predicted octanol–water partition coefficient (Wildman–Crippen LogP) is 2.17. The van der Waals surface area contributed by atoms with E-state index in [2.05, 4.69) is 0 Å². The Morgan fingerprint density at radius 3 is 1.52 bits per heavy atom. The van der Waals surface area contributed by atoms with Crippen LogP contribution in [0.25, 0.3) is 0 Å². The van der Waals surface area contributed by atoms with Gasteiger partial charge in [-0.1, -0.05) is 35.4 Å². The average molecular weight is 376 g/mol. The Bertz CT molecular complexity index is 504. The van der Waals surface area contributed by atoms with Gasteiger partial charge in [-0.15, -0.1) is 23.2 Å². The van der Waals surface area contributed by atoms with Gasteiger partial charge >= 0.3 is 0 Å². The summed E-state index contributed by atoms with van der Waals surface area (Å²) in [5.74, 6) is -3.00. The molecule has 2 bridgehead atoms. The maximum Gasteiger partial charge on any atom is 0.217 e. The molecule has 0 radical (unpaired) electrons. The first-order chi connectivity index (χ1) is 9.74. The Morgan fingerprint density at radius 2 is 1.24 bits per heavy atom. The number of aliphatic hydroxyl groups excluding tert-OH is 2. The van der Waals surface area contributed by atoms with E-state index in [4.69, 9.17) is 55.9 Å². The monoisotopic (exact) mass is 374 g/mol. The molecule has 6 atom stereocenters. The summed E-state index contributed by atoms with van der Waals surface area (Å²) >= 11 is 26.2. The van der Waals surface area contributed by atoms with Crippen LogP contribution < -0.4 is 0 Å². The zero-order valence-electron chi connectivity index (χ0n) is 11.2. The molecule has 4 nitrogen and oxygen atoms in total. The third-order valence-corrected chi connectivity index (χ3v) is 7.56. The van der Waals surface area contributed by atoms with Crippen LogP contribution in [0.2, 0.25) is 0 Å².